The van der Waals surface area contributed by atoms with Gasteiger partial charge in [-0.3, -0.25) is 9.59 Å². The first kappa shape index (κ1) is 18.3. The van der Waals surface area contributed by atoms with Crippen molar-refractivity contribution in [2.24, 2.45) is 11.8 Å². The molecule has 2 aromatic heterocycles. The zero-order valence-corrected chi connectivity index (χ0v) is 16.9. The van der Waals surface area contributed by atoms with E-state index in [0.29, 0.717) is 13.1 Å². The van der Waals surface area contributed by atoms with Crippen molar-refractivity contribution in [3.05, 3.63) is 75.2 Å². The summed E-state index contributed by atoms with van der Waals surface area (Å²) in [6.07, 6.45) is 3.21. The first-order valence-corrected chi connectivity index (χ1v) is 11.1. The summed E-state index contributed by atoms with van der Waals surface area (Å²) in [5, 5.41) is 6.72. The molecule has 5 nitrogen and oxygen atoms in total. The van der Waals surface area contributed by atoms with Gasteiger partial charge in [-0.2, -0.15) is 5.10 Å². The van der Waals surface area contributed by atoms with Crippen LogP contribution in [0.5, 0.6) is 0 Å². The highest BCUT2D eigenvalue weighted by Crippen LogP contribution is 2.42. The molecule has 2 bridgehead atoms. The van der Waals surface area contributed by atoms with Crippen molar-refractivity contribution >= 4 is 17.2 Å². The summed E-state index contributed by atoms with van der Waals surface area (Å²) in [7, 11) is 0. The second kappa shape index (κ2) is 7.59. The Kier molecular flexibility index (Phi) is 4.79. The Morgan fingerprint density at radius 2 is 1.72 bits per heavy atom. The van der Waals surface area contributed by atoms with Gasteiger partial charge in [0.05, 0.1) is 16.6 Å². The number of hydrogen-bond donors (Lipinski definition) is 0. The van der Waals surface area contributed by atoms with Crippen LogP contribution in [0.4, 0.5) is 0 Å². The van der Waals surface area contributed by atoms with Gasteiger partial charge >= 0.3 is 0 Å². The Bertz CT molecular complexity index is 1050. The molecular formula is C23H23N3O2S. The van der Waals surface area contributed by atoms with Crippen molar-refractivity contribution in [2.75, 3.05) is 13.1 Å². The van der Waals surface area contributed by atoms with Crippen molar-refractivity contribution in [1.82, 2.24) is 14.7 Å². The third-order valence-electron chi connectivity index (χ3n) is 6.22. The number of benzene rings is 1. The summed E-state index contributed by atoms with van der Waals surface area (Å²) in [6, 6.07) is 17.3. The Morgan fingerprint density at radius 3 is 2.41 bits per heavy atom. The third-order valence-corrected chi connectivity index (χ3v) is 7.08. The predicted octanol–water partition coefficient (Wildman–Crippen LogP) is 4.09. The molecule has 0 N–H and O–H groups in total. The molecule has 3 heterocycles. The first-order valence-electron chi connectivity index (χ1n) is 10.2. The van der Waals surface area contributed by atoms with Gasteiger partial charge in [0, 0.05) is 24.7 Å². The van der Waals surface area contributed by atoms with Crippen LogP contribution in [-0.2, 0) is 0 Å². The molecule has 0 radical (unpaired) electrons. The molecule has 148 valence electrons. The predicted molar refractivity (Wildman–Crippen MR) is 114 cm³/mol. The van der Waals surface area contributed by atoms with E-state index in [4.69, 9.17) is 5.10 Å². The molecule has 1 aliphatic carbocycles. The monoisotopic (exact) mass is 405 g/mol. The maximum atomic E-state index is 12.9. The van der Waals surface area contributed by atoms with E-state index < -0.39 is 0 Å². The molecule has 1 amide bonds. The average molecular weight is 406 g/mol. The lowest BCUT2D eigenvalue weighted by atomic mass is 9.73. The number of carbonyl (C=O) groups is 1. The number of likely N-dealkylation sites (tertiary alicyclic amines) is 1. The van der Waals surface area contributed by atoms with Crippen LogP contribution in [-0.4, -0.2) is 33.7 Å². The number of amides is 1. The highest BCUT2D eigenvalue weighted by Gasteiger charge is 2.43. The van der Waals surface area contributed by atoms with Gasteiger partial charge in [0.25, 0.3) is 11.5 Å². The van der Waals surface area contributed by atoms with E-state index in [1.165, 1.54) is 11.3 Å². The van der Waals surface area contributed by atoms with Crippen LogP contribution in [0.1, 0.15) is 35.0 Å². The van der Waals surface area contributed by atoms with Gasteiger partial charge in [-0.25, -0.2) is 4.68 Å². The van der Waals surface area contributed by atoms with E-state index >= 15 is 0 Å². The second-order valence-corrected chi connectivity index (χ2v) is 8.94. The maximum Gasteiger partial charge on any atom is 0.267 e. The zero-order valence-electron chi connectivity index (χ0n) is 16.1. The second-order valence-electron chi connectivity index (χ2n) is 8.00. The number of thiophene rings is 1. The van der Waals surface area contributed by atoms with Crippen LogP contribution >= 0.6 is 11.3 Å². The van der Waals surface area contributed by atoms with Gasteiger partial charge < -0.3 is 4.90 Å². The van der Waals surface area contributed by atoms with Gasteiger partial charge in [-0.15, -0.1) is 11.3 Å². The Balaban J connectivity index is 1.46. The van der Waals surface area contributed by atoms with Crippen LogP contribution < -0.4 is 5.56 Å². The number of aromatic nitrogens is 2. The third kappa shape index (κ3) is 3.42. The molecule has 3 aromatic rings. The van der Waals surface area contributed by atoms with Gasteiger partial charge in [-0.05, 0) is 42.2 Å². The fourth-order valence-corrected chi connectivity index (χ4v) is 5.62. The molecular weight excluding hydrogens is 382 g/mol. The van der Waals surface area contributed by atoms with E-state index in [9.17, 15) is 9.59 Å². The molecule has 0 spiro atoms. The fraction of sp³-hybridized carbons (Fsp3) is 0.348. The number of fused-ring (bicyclic) bond motifs is 2. The minimum absolute atomic E-state index is 0.0513. The largest absolute Gasteiger partial charge is 0.337 e. The van der Waals surface area contributed by atoms with Crippen molar-refractivity contribution in [3.8, 4) is 11.3 Å². The molecule has 0 unspecified atom stereocenters. The number of rotatable bonds is 3. The summed E-state index contributed by atoms with van der Waals surface area (Å²) in [5.74, 6) is 0.652. The molecule has 29 heavy (non-hydrogen) atoms. The van der Waals surface area contributed by atoms with Gasteiger partial charge in [0.1, 0.15) is 0 Å². The highest BCUT2D eigenvalue weighted by molar-refractivity contribution is 7.12. The van der Waals surface area contributed by atoms with E-state index in [1.807, 2.05) is 52.7 Å². The lowest BCUT2D eigenvalue weighted by Gasteiger charge is -2.47. The van der Waals surface area contributed by atoms with E-state index in [0.717, 1.165) is 35.4 Å². The summed E-state index contributed by atoms with van der Waals surface area (Å²) >= 11 is 1.49. The first-order chi connectivity index (χ1) is 14.2. The SMILES string of the molecule is O=C(c1cccs1)N1C[C@@H]2CCC[C@@H](C1)C2n1nc(-c2ccccc2)ccc1=O. The molecule has 2 fully saturated rings. The van der Waals surface area contributed by atoms with E-state index in [1.54, 1.807) is 16.8 Å². The van der Waals surface area contributed by atoms with Gasteiger partial charge in [-0.1, -0.05) is 42.8 Å². The normalized spacial score (nSPS) is 23.7. The summed E-state index contributed by atoms with van der Waals surface area (Å²) in [6.45, 7) is 1.39. The van der Waals surface area contributed by atoms with E-state index in [-0.39, 0.29) is 29.3 Å². The maximum absolute atomic E-state index is 12.9. The number of carbonyl (C=O) groups excluding carboxylic acids is 1. The standard InChI is InChI=1S/C23H23N3O2S/c27-21-12-11-19(16-6-2-1-3-7-16)24-26(21)22-17-8-4-9-18(22)15-25(14-17)23(28)20-10-5-13-29-20/h1-3,5-7,10-13,17-18,22H,4,8-9,14-15H2/t17-,18-/m0/s1. The minimum atomic E-state index is -0.0513. The van der Waals surface area contributed by atoms with Crippen LogP contribution in [0.15, 0.2) is 64.8 Å². The van der Waals surface area contributed by atoms with Crippen LogP contribution in [0.2, 0.25) is 0 Å². The quantitative estimate of drug-likeness (QED) is 0.660. The Morgan fingerprint density at radius 1 is 0.966 bits per heavy atom. The molecule has 5 rings (SSSR count). The molecule has 1 saturated heterocycles. The Hall–Kier alpha value is -2.73. The topological polar surface area (TPSA) is 55.2 Å². The van der Waals surface area contributed by atoms with Crippen LogP contribution in [0.25, 0.3) is 11.3 Å². The number of nitrogens with zero attached hydrogens (tertiary/aromatic N) is 3. The Labute approximate surface area is 173 Å². The van der Waals surface area contributed by atoms with Crippen LogP contribution in [0, 0.1) is 11.8 Å². The van der Waals surface area contributed by atoms with Crippen LogP contribution in [0.3, 0.4) is 0 Å². The van der Waals surface area contributed by atoms with Crippen molar-refractivity contribution in [2.45, 2.75) is 25.3 Å². The minimum Gasteiger partial charge on any atom is -0.337 e. The van der Waals surface area contributed by atoms with Gasteiger partial charge in [0.15, 0.2) is 0 Å². The summed E-state index contributed by atoms with van der Waals surface area (Å²) in [5.41, 5.74) is 1.78. The van der Waals surface area contributed by atoms with Crippen molar-refractivity contribution < 1.29 is 4.79 Å². The fourth-order valence-electron chi connectivity index (χ4n) is 4.93. The number of piperidine rings is 1. The smallest absolute Gasteiger partial charge is 0.267 e. The highest BCUT2D eigenvalue weighted by atomic mass is 32.1. The summed E-state index contributed by atoms with van der Waals surface area (Å²) < 4.78 is 1.71. The van der Waals surface area contributed by atoms with Crippen molar-refractivity contribution in [3.63, 3.8) is 0 Å². The average Bonchev–Trinajstić information content (AvgIpc) is 3.28. The van der Waals surface area contributed by atoms with Gasteiger partial charge in [0.2, 0.25) is 0 Å². The molecule has 2 aliphatic rings. The number of hydrogen-bond acceptors (Lipinski definition) is 4. The molecule has 1 aliphatic heterocycles. The molecule has 6 heteroatoms. The lowest BCUT2D eigenvalue weighted by Crippen LogP contribution is -2.53. The zero-order chi connectivity index (χ0) is 19.8. The molecule has 2 atom stereocenters. The van der Waals surface area contributed by atoms with Crippen molar-refractivity contribution in [1.29, 1.82) is 0 Å². The molecule has 1 saturated carbocycles. The summed E-state index contributed by atoms with van der Waals surface area (Å²) in [4.78, 5) is 28.4. The molecule has 1 aromatic carbocycles. The van der Waals surface area contributed by atoms with E-state index in [2.05, 4.69) is 0 Å². The lowest BCUT2D eigenvalue weighted by molar-refractivity contribution is 0.0199.